The highest BCUT2D eigenvalue weighted by atomic mass is 35.5. The van der Waals surface area contributed by atoms with Gasteiger partial charge in [0.25, 0.3) is 5.91 Å². The lowest BCUT2D eigenvalue weighted by atomic mass is 10.0. The van der Waals surface area contributed by atoms with Gasteiger partial charge in [0.05, 0.1) is 23.1 Å². The molecule has 3 N–H and O–H groups in total. The maximum absolute atomic E-state index is 14.4. The molecule has 0 saturated carbocycles. The Labute approximate surface area is 248 Å². The van der Waals surface area contributed by atoms with Crippen LogP contribution in [-0.4, -0.2) is 62.7 Å². The van der Waals surface area contributed by atoms with Crippen LogP contribution in [0.1, 0.15) is 15.9 Å². The van der Waals surface area contributed by atoms with Crippen LogP contribution in [0.25, 0.3) is 5.69 Å². The summed E-state index contributed by atoms with van der Waals surface area (Å²) < 4.78 is 15.7. The van der Waals surface area contributed by atoms with E-state index in [1.165, 1.54) is 32.8 Å². The van der Waals surface area contributed by atoms with E-state index in [0.717, 1.165) is 17.7 Å². The average molecular weight is 610 g/mol. The van der Waals surface area contributed by atoms with E-state index in [0.29, 0.717) is 16.4 Å². The van der Waals surface area contributed by atoms with Gasteiger partial charge in [0.2, 0.25) is 17.7 Å². The van der Waals surface area contributed by atoms with Crippen LogP contribution in [0, 0.1) is 5.82 Å². The number of nitrogens with one attached hydrogen (secondary N) is 1. The van der Waals surface area contributed by atoms with Crippen molar-refractivity contribution in [1.29, 1.82) is 0 Å². The van der Waals surface area contributed by atoms with Crippen LogP contribution in [0.3, 0.4) is 0 Å². The number of benzene rings is 3. The summed E-state index contributed by atoms with van der Waals surface area (Å²) in [5.41, 5.74) is 6.32. The Morgan fingerprint density at radius 1 is 0.976 bits per heavy atom. The number of amides is 4. The Morgan fingerprint density at radius 2 is 1.74 bits per heavy atom. The van der Waals surface area contributed by atoms with Gasteiger partial charge in [-0.3, -0.25) is 24.1 Å². The molecule has 5 rings (SSSR count). The van der Waals surface area contributed by atoms with Crippen molar-refractivity contribution >= 4 is 58.2 Å². The predicted molar refractivity (Wildman–Crippen MR) is 153 cm³/mol. The van der Waals surface area contributed by atoms with Crippen molar-refractivity contribution in [3.8, 4) is 5.69 Å². The SMILES string of the molecule is NC(=O)c1ccc(NC(=O)C(Cc2ccccc2)N2CC(=O)N(c3cc(Cl)ccc3-n3cc(Cl)nn3)CC2=O)cc1F. The Balaban J connectivity index is 1.43. The molecular weight excluding hydrogens is 588 g/mol. The third kappa shape index (κ3) is 6.09. The van der Waals surface area contributed by atoms with Crippen molar-refractivity contribution in [3.63, 3.8) is 0 Å². The summed E-state index contributed by atoms with van der Waals surface area (Å²) in [6, 6.07) is 16.0. The van der Waals surface area contributed by atoms with E-state index < -0.39 is 48.6 Å². The Kier molecular flexibility index (Phi) is 8.18. The third-order valence-electron chi connectivity index (χ3n) is 6.61. The van der Waals surface area contributed by atoms with Crippen molar-refractivity contribution in [2.45, 2.75) is 12.5 Å². The van der Waals surface area contributed by atoms with E-state index in [9.17, 15) is 23.6 Å². The number of primary amides is 1. The maximum atomic E-state index is 14.4. The largest absolute Gasteiger partial charge is 0.366 e. The van der Waals surface area contributed by atoms with Gasteiger partial charge in [-0.15, -0.1) is 5.10 Å². The molecule has 2 heterocycles. The van der Waals surface area contributed by atoms with Crippen molar-refractivity contribution in [2.75, 3.05) is 23.3 Å². The number of anilines is 2. The second-order valence-corrected chi connectivity index (χ2v) is 10.2. The first-order valence-electron chi connectivity index (χ1n) is 12.5. The zero-order valence-electron chi connectivity index (χ0n) is 21.7. The number of rotatable bonds is 8. The van der Waals surface area contributed by atoms with Crippen LogP contribution in [0.2, 0.25) is 10.2 Å². The van der Waals surface area contributed by atoms with Gasteiger partial charge in [0.15, 0.2) is 5.15 Å². The van der Waals surface area contributed by atoms with Gasteiger partial charge in [0, 0.05) is 17.1 Å². The van der Waals surface area contributed by atoms with Gasteiger partial charge in [-0.05, 0) is 42.0 Å². The van der Waals surface area contributed by atoms with Gasteiger partial charge in [-0.2, -0.15) is 0 Å². The molecule has 3 aromatic carbocycles. The van der Waals surface area contributed by atoms with E-state index in [4.69, 9.17) is 28.9 Å². The first kappa shape index (κ1) is 28.7. The Bertz CT molecular complexity index is 1700. The second kappa shape index (κ2) is 12.0. The van der Waals surface area contributed by atoms with Crippen molar-refractivity contribution in [2.24, 2.45) is 5.73 Å². The topological polar surface area (TPSA) is 144 Å². The minimum Gasteiger partial charge on any atom is -0.366 e. The van der Waals surface area contributed by atoms with Crippen molar-refractivity contribution in [3.05, 3.63) is 100 Å². The highest BCUT2D eigenvalue weighted by Crippen LogP contribution is 2.30. The molecule has 0 aliphatic carbocycles. The zero-order valence-corrected chi connectivity index (χ0v) is 23.2. The summed E-state index contributed by atoms with van der Waals surface area (Å²) in [5, 5.41) is 10.7. The van der Waals surface area contributed by atoms with E-state index in [1.807, 2.05) is 0 Å². The molecular formula is C28H22Cl2FN7O4. The van der Waals surface area contributed by atoms with Crippen LogP contribution in [0.5, 0.6) is 0 Å². The molecule has 0 radical (unpaired) electrons. The molecule has 1 unspecified atom stereocenters. The average Bonchev–Trinajstić information content (AvgIpc) is 3.39. The smallest absolute Gasteiger partial charge is 0.251 e. The van der Waals surface area contributed by atoms with Gasteiger partial charge in [0.1, 0.15) is 24.9 Å². The molecule has 214 valence electrons. The summed E-state index contributed by atoms with van der Waals surface area (Å²) in [7, 11) is 0. The maximum Gasteiger partial charge on any atom is 0.251 e. The zero-order chi connectivity index (χ0) is 30.0. The molecule has 1 saturated heterocycles. The van der Waals surface area contributed by atoms with Crippen LogP contribution >= 0.6 is 23.2 Å². The molecule has 11 nitrogen and oxygen atoms in total. The van der Waals surface area contributed by atoms with E-state index in [-0.39, 0.29) is 22.8 Å². The van der Waals surface area contributed by atoms with Crippen LogP contribution in [-0.2, 0) is 20.8 Å². The number of nitrogens with zero attached hydrogens (tertiary/aromatic N) is 5. The minimum absolute atomic E-state index is 0.0491. The van der Waals surface area contributed by atoms with E-state index >= 15 is 0 Å². The first-order chi connectivity index (χ1) is 20.1. The van der Waals surface area contributed by atoms with Crippen LogP contribution in [0.15, 0.2) is 72.9 Å². The molecule has 0 spiro atoms. The fourth-order valence-electron chi connectivity index (χ4n) is 4.60. The Morgan fingerprint density at radius 3 is 2.40 bits per heavy atom. The predicted octanol–water partition coefficient (Wildman–Crippen LogP) is 3.24. The summed E-state index contributed by atoms with van der Waals surface area (Å²) in [6.45, 7) is -0.822. The summed E-state index contributed by atoms with van der Waals surface area (Å²) in [6.07, 6.45) is 1.52. The molecule has 1 aromatic heterocycles. The van der Waals surface area contributed by atoms with Crippen LogP contribution < -0.4 is 16.0 Å². The van der Waals surface area contributed by atoms with Crippen LogP contribution in [0.4, 0.5) is 15.8 Å². The number of carbonyl (C=O) groups is 4. The molecule has 42 heavy (non-hydrogen) atoms. The molecule has 1 atom stereocenters. The lowest BCUT2D eigenvalue weighted by molar-refractivity contribution is -0.143. The van der Waals surface area contributed by atoms with Gasteiger partial charge >= 0.3 is 0 Å². The number of halogens is 3. The number of nitrogens with two attached hydrogens (primary N) is 1. The lowest BCUT2D eigenvalue weighted by Gasteiger charge is -2.38. The number of aromatic nitrogens is 3. The second-order valence-electron chi connectivity index (χ2n) is 9.37. The van der Waals surface area contributed by atoms with Crippen molar-refractivity contribution < 1.29 is 23.6 Å². The highest BCUT2D eigenvalue weighted by Gasteiger charge is 2.39. The summed E-state index contributed by atoms with van der Waals surface area (Å²) in [4.78, 5) is 54.5. The van der Waals surface area contributed by atoms with E-state index in [1.54, 1.807) is 42.5 Å². The summed E-state index contributed by atoms with van der Waals surface area (Å²) >= 11 is 12.2. The first-order valence-corrected chi connectivity index (χ1v) is 13.3. The normalized spacial score (nSPS) is 14.2. The molecule has 0 bridgehead atoms. The molecule has 1 aliphatic heterocycles. The number of piperazine rings is 1. The monoisotopic (exact) mass is 609 g/mol. The molecule has 14 heteroatoms. The summed E-state index contributed by atoms with van der Waals surface area (Å²) in [5.74, 6) is -3.51. The van der Waals surface area contributed by atoms with Gasteiger partial charge in [-0.25, -0.2) is 9.07 Å². The highest BCUT2D eigenvalue weighted by molar-refractivity contribution is 6.31. The fourth-order valence-corrected chi connectivity index (χ4v) is 4.90. The third-order valence-corrected chi connectivity index (χ3v) is 7.02. The molecule has 4 aromatic rings. The quantitative estimate of drug-likeness (QED) is 0.314. The lowest BCUT2D eigenvalue weighted by Crippen LogP contribution is -2.60. The molecule has 4 amide bonds. The minimum atomic E-state index is -1.13. The van der Waals surface area contributed by atoms with Gasteiger partial charge in [-0.1, -0.05) is 58.7 Å². The molecule has 1 aliphatic rings. The standard InChI is InChI=1S/C28H22Cl2FN7O4/c29-17-6-9-21(38-13-24(30)34-35-38)22(11-17)36-14-26(40)37(15-25(36)39)23(10-16-4-2-1-3-5-16)28(42)33-18-7-8-19(27(32)41)20(31)12-18/h1-9,11-13,23H,10,14-15H2,(H2,32,41)(H,33,42). The fraction of sp³-hybridized carbons (Fsp3) is 0.143. The van der Waals surface area contributed by atoms with Gasteiger partial charge < -0.3 is 16.0 Å². The molecule has 1 fully saturated rings. The van der Waals surface area contributed by atoms with Crippen molar-refractivity contribution in [1.82, 2.24) is 19.9 Å². The van der Waals surface area contributed by atoms with E-state index in [2.05, 4.69) is 15.6 Å². The number of hydrogen-bond donors (Lipinski definition) is 2. The number of hydrogen-bond acceptors (Lipinski definition) is 6. The Hall–Kier alpha value is -4.81. The number of carbonyl (C=O) groups excluding carboxylic acids is 4.